The minimum atomic E-state index is -5.00. The fourth-order valence-electron chi connectivity index (χ4n) is 3.14. The van der Waals surface area contributed by atoms with Gasteiger partial charge in [0.1, 0.15) is 0 Å². The zero-order chi connectivity index (χ0) is 22.7. The number of benzene rings is 2. The molecule has 164 valence electrons. The van der Waals surface area contributed by atoms with Crippen molar-refractivity contribution < 1.29 is 27.6 Å². The first kappa shape index (κ1) is 23.4. The molecule has 2 rings (SSSR count). The van der Waals surface area contributed by atoms with Crippen LogP contribution in [0, 0.1) is 15.9 Å². The van der Waals surface area contributed by atoms with Crippen LogP contribution in [0.15, 0.2) is 42.5 Å². The molecule has 0 heterocycles. The molecule has 2 aromatic rings. The fourth-order valence-corrected chi connectivity index (χ4v) is 3.14. The molecular formula is C19H22F4N4O3. The van der Waals surface area contributed by atoms with Crippen LogP contribution in [0.5, 0.6) is 0 Å². The molecule has 0 aliphatic rings. The third kappa shape index (κ3) is 5.16. The number of hydrazine groups is 1. The highest BCUT2D eigenvalue weighted by molar-refractivity contribution is 5.56. The molecule has 7 nitrogen and oxygen atoms in total. The number of nitrogens with two attached hydrogens (primary N) is 1. The maximum atomic E-state index is 14.0. The summed E-state index contributed by atoms with van der Waals surface area (Å²) in [5, 5.41) is 23.8. The van der Waals surface area contributed by atoms with Crippen molar-refractivity contribution in [1.29, 1.82) is 0 Å². The van der Waals surface area contributed by atoms with Gasteiger partial charge in [0.15, 0.2) is 5.60 Å². The lowest BCUT2D eigenvalue weighted by Crippen LogP contribution is -2.53. The van der Waals surface area contributed by atoms with E-state index in [2.05, 4.69) is 10.7 Å². The van der Waals surface area contributed by atoms with Gasteiger partial charge in [-0.25, -0.2) is 0 Å². The summed E-state index contributed by atoms with van der Waals surface area (Å²) in [6, 6.07) is 9.03. The molecular weight excluding hydrogens is 408 g/mol. The zero-order valence-electron chi connectivity index (χ0n) is 16.3. The summed E-state index contributed by atoms with van der Waals surface area (Å²) in [4.78, 5) is 9.84. The summed E-state index contributed by atoms with van der Waals surface area (Å²) in [6.07, 6.45) is -5.82. The summed E-state index contributed by atoms with van der Waals surface area (Å²) in [5.41, 5.74) is -2.10. The molecule has 0 radical (unpaired) electrons. The van der Waals surface area contributed by atoms with Crippen molar-refractivity contribution in [2.45, 2.75) is 37.5 Å². The maximum Gasteiger partial charge on any atom is 0.418 e. The first-order chi connectivity index (χ1) is 13.8. The quantitative estimate of drug-likeness (QED) is 0.217. The summed E-state index contributed by atoms with van der Waals surface area (Å²) < 4.78 is 55.3. The Hall–Kier alpha value is -2.92. The van der Waals surface area contributed by atoms with E-state index in [9.17, 15) is 32.8 Å². The van der Waals surface area contributed by atoms with Crippen molar-refractivity contribution in [3.63, 3.8) is 0 Å². The van der Waals surface area contributed by atoms with Crippen LogP contribution in [0.4, 0.5) is 34.6 Å². The lowest BCUT2D eigenvalue weighted by Gasteiger charge is -2.38. The van der Waals surface area contributed by atoms with Crippen LogP contribution in [0.2, 0.25) is 0 Å². The second kappa shape index (κ2) is 8.44. The average Bonchev–Trinajstić information content (AvgIpc) is 2.65. The molecule has 1 atom stereocenters. The molecule has 0 aromatic heterocycles. The van der Waals surface area contributed by atoms with Gasteiger partial charge in [0.2, 0.25) is 5.82 Å². The number of hydrogen-bond acceptors (Lipinski definition) is 6. The molecule has 2 aromatic carbocycles. The van der Waals surface area contributed by atoms with Crippen LogP contribution in [0.25, 0.3) is 0 Å². The molecule has 0 amide bonds. The van der Waals surface area contributed by atoms with Crippen LogP contribution >= 0.6 is 0 Å². The van der Waals surface area contributed by atoms with Crippen molar-refractivity contribution in [1.82, 2.24) is 0 Å². The predicted octanol–water partition coefficient (Wildman–Crippen LogP) is 4.09. The Morgan fingerprint density at radius 3 is 2.30 bits per heavy atom. The van der Waals surface area contributed by atoms with E-state index in [4.69, 9.17) is 5.84 Å². The summed E-state index contributed by atoms with van der Waals surface area (Å²) >= 11 is 0. The van der Waals surface area contributed by atoms with Crippen molar-refractivity contribution in [3.05, 3.63) is 64.0 Å². The topological polar surface area (TPSA) is 113 Å². The molecule has 0 spiro atoms. The van der Waals surface area contributed by atoms with E-state index < -0.39 is 46.6 Å². The van der Waals surface area contributed by atoms with Crippen LogP contribution in [-0.4, -0.2) is 28.4 Å². The van der Waals surface area contributed by atoms with Crippen molar-refractivity contribution >= 4 is 17.1 Å². The van der Waals surface area contributed by atoms with E-state index in [0.29, 0.717) is 11.4 Å². The molecule has 5 N–H and O–H groups in total. The van der Waals surface area contributed by atoms with Crippen molar-refractivity contribution in [2.75, 3.05) is 17.3 Å². The van der Waals surface area contributed by atoms with Crippen molar-refractivity contribution in [2.24, 2.45) is 5.84 Å². The second-order valence-electron chi connectivity index (χ2n) is 7.59. The Kier molecular flexibility index (Phi) is 6.57. The lowest BCUT2D eigenvalue weighted by atomic mass is 9.74. The molecule has 0 saturated heterocycles. The third-order valence-electron chi connectivity index (χ3n) is 4.80. The van der Waals surface area contributed by atoms with Gasteiger partial charge in [0, 0.05) is 11.8 Å². The largest absolute Gasteiger partial charge is 0.418 e. The van der Waals surface area contributed by atoms with Gasteiger partial charge in [0.05, 0.1) is 17.2 Å². The predicted molar refractivity (Wildman–Crippen MR) is 104 cm³/mol. The van der Waals surface area contributed by atoms with Crippen LogP contribution < -0.4 is 16.6 Å². The minimum Gasteiger partial charge on any atom is -0.382 e. The number of nitro groups is 1. The first-order valence-corrected chi connectivity index (χ1v) is 8.83. The lowest BCUT2D eigenvalue weighted by molar-refractivity contribution is -0.387. The van der Waals surface area contributed by atoms with Gasteiger partial charge in [-0.2, -0.15) is 17.6 Å². The van der Waals surface area contributed by atoms with Crippen LogP contribution in [0.3, 0.4) is 0 Å². The normalized spacial score (nSPS) is 14.1. The van der Waals surface area contributed by atoms with Gasteiger partial charge in [-0.05, 0) is 41.7 Å². The SMILES string of the molecule is CC(C)(CC(O)(CNc1cccc(NN)c1)C(F)(F)F)c1ccc([N+](=O)[O-])c(F)c1. The van der Waals surface area contributed by atoms with E-state index >= 15 is 0 Å². The average molecular weight is 430 g/mol. The summed E-state index contributed by atoms with van der Waals surface area (Å²) in [7, 11) is 0. The van der Waals surface area contributed by atoms with Gasteiger partial charge in [-0.3, -0.25) is 16.0 Å². The number of nitrogen functional groups attached to an aromatic ring is 1. The Morgan fingerprint density at radius 1 is 1.13 bits per heavy atom. The maximum absolute atomic E-state index is 14.0. The Bertz CT molecular complexity index is 921. The highest BCUT2D eigenvalue weighted by atomic mass is 19.4. The fraction of sp³-hybridized carbons (Fsp3) is 0.368. The van der Waals surface area contributed by atoms with E-state index in [1.54, 1.807) is 12.1 Å². The number of nitrogens with one attached hydrogen (secondary N) is 2. The number of alkyl halides is 3. The molecule has 0 aliphatic carbocycles. The summed E-state index contributed by atoms with van der Waals surface area (Å²) in [6.45, 7) is 1.91. The molecule has 0 saturated carbocycles. The van der Waals surface area contributed by atoms with Gasteiger partial charge in [0.25, 0.3) is 0 Å². The minimum absolute atomic E-state index is 0.0857. The monoisotopic (exact) mass is 430 g/mol. The smallest absolute Gasteiger partial charge is 0.382 e. The number of anilines is 2. The molecule has 30 heavy (non-hydrogen) atoms. The first-order valence-electron chi connectivity index (χ1n) is 8.83. The molecule has 0 fully saturated rings. The number of rotatable bonds is 8. The van der Waals surface area contributed by atoms with E-state index in [1.165, 1.54) is 32.0 Å². The number of halogens is 4. The number of hydrogen-bond donors (Lipinski definition) is 4. The van der Waals surface area contributed by atoms with Gasteiger partial charge in [-0.15, -0.1) is 0 Å². The van der Waals surface area contributed by atoms with Crippen LogP contribution in [-0.2, 0) is 5.41 Å². The highest BCUT2D eigenvalue weighted by Gasteiger charge is 2.55. The third-order valence-corrected chi connectivity index (χ3v) is 4.80. The summed E-state index contributed by atoms with van der Waals surface area (Å²) in [5.74, 6) is 4.12. The Labute approximate surface area is 170 Å². The van der Waals surface area contributed by atoms with Gasteiger partial charge >= 0.3 is 11.9 Å². The van der Waals surface area contributed by atoms with E-state index in [1.807, 2.05) is 0 Å². The number of nitrogens with zero attached hydrogens (tertiary/aromatic N) is 1. The molecule has 0 aliphatic heterocycles. The number of aliphatic hydroxyl groups is 1. The Morgan fingerprint density at radius 2 is 1.77 bits per heavy atom. The molecule has 1 unspecified atom stereocenters. The van der Waals surface area contributed by atoms with E-state index in [0.717, 1.165) is 12.1 Å². The number of nitro benzene ring substituents is 1. The van der Waals surface area contributed by atoms with Crippen LogP contribution in [0.1, 0.15) is 25.8 Å². The van der Waals surface area contributed by atoms with Crippen molar-refractivity contribution in [3.8, 4) is 0 Å². The van der Waals surface area contributed by atoms with Gasteiger partial charge < -0.3 is 15.8 Å². The van der Waals surface area contributed by atoms with Gasteiger partial charge in [-0.1, -0.05) is 26.0 Å². The highest BCUT2D eigenvalue weighted by Crippen LogP contribution is 2.42. The molecule has 0 bridgehead atoms. The molecule has 11 heteroatoms. The standard InChI is InChI=1S/C19H22F4N4O3/c1-17(2,12-6-7-16(27(29)30)15(20)8-12)10-18(28,19(21,22)23)11-25-13-4-3-5-14(9-13)26-24/h3-9,25-26,28H,10-11,24H2,1-2H3. The van der Waals surface area contributed by atoms with E-state index in [-0.39, 0.29) is 5.56 Å². The Balaban J connectivity index is 2.29. The zero-order valence-corrected chi connectivity index (χ0v) is 16.3. The second-order valence-corrected chi connectivity index (χ2v) is 7.59.